The van der Waals surface area contributed by atoms with Gasteiger partial charge in [0.1, 0.15) is 5.82 Å². The largest absolute Gasteiger partial charge is 0.334 e. The van der Waals surface area contributed by atoms with Crippen LogP contribution in [0.15, 0.2) is 24.3 Å². The van der Waals surface area contributed by atoms with E-state index in [2.05, 4.69) is 27.9 Å². The zero-order valence-corrected chi connectivity index (χ0v) is 15.4. The molecule has 1 aliphatic carbocycles. The summed E-state index contributed by atoms with van der Waals surface area (Å²) >= 11 is 0. The van der Waals surface area contributed by atoms with Crippen molar-refractivity contribution in [2.45, 2.75) is 38.6 Å². The van der Waals surface area contributed by atoms with E-state index in [0.717, 1.165) is 35.6 Å². The number of aromatic nitrogens is 4. The molecule has 0 spiro atoms. The Bertz CT molecular complexity index is 1020. The van der Waals surface area contributed by atoms with Gasteiger partial charge in [0, 0.05) is 31.7 Å². The number of hydrogen-bond donors (Lipinski definition) is 0. The van der Waals surface area contributed by atoms with Crippen LogP contribution in [0.2, 0.25) is 0 Å². The third kappa shape index (κ3) is 2.21. The summed E-state index contributed by atoms with van der Waals surface area (Å²) in [5, 5.41) is 4.38. The minimum atomic E-state index is 0.0988. The van der Waals surface area contributed by atoms with E-state index in [1.54, 1.807) is 4.68 Å². The number of carbonyl (C=O) groups excluding carboxylic acids is 1. The molecule has 3 heterocycles. The molecule has 2 fully saturated rings. The number of rotatable bonds is 3. The average molecular weight is 349 g/mol. The van der Waals surface area contributed by atoms with Gasteiger partial charge < -0.3 is 9.47 Å². The molecular formula is C20H23N5O. The quantitative estimate of drug-likeness (QED) is 0.730. The fourth-order valence-electron chi connectivity index (χ4n) is 4.10. The van der Waals surface area contributed by atoms with Crippen molar-refractivity contribution in [2.24, 2.45) is 7.05 Å². The van der Waals surface area contributed by atoms with Crippen molar-refractivity contribution in [3.63, 3.8) is 0 Å². The first-order valence-corrected chi connectivity index (χ1v) is 9.31. The maximum absolute atomic E-state index is 12.9. The Hall–Kier alpha value is -2.63. The summed E-state index contributed by atoms with van der Waals surface area (Å²) in [6, 6.07) is 8.66. The van der Waals surface area contributed by atoms with Gasteiger partial charge in [-0.3, -0.25) is 9.48 Å². The summed E-state index contributed by atoms with van der Waals surface area (Å²) in [5.74, 6) is 1.90. The molecule has 3 aromatic rings. The van der Waals surface area contributed by atoms with Crippen LogP contribution in [0.4, 0.5) is 0 Å². The standard InChI is InChI=1S/C20H23N5O/c1-12-18(13(2)23(3)22-12)20(26)24-10-15(11-24)25-17-7-5-4-6-16(17)21-19(25)14-8-9-14/h4-7,14-15H,8-11H2,1-3H3. The molecule has 1 saturated carbocycles. The first kappa shape index (κ1) is 15.6. The Morgan fingerprint density at radius 1 is 1.15 bits per heavy atom. The van der Waals surface area contributed by atoms with Gasteiger partial charge >= 0.3 is 0 Å². The first-order valence-electron chi connectivity index (χ1n) is 9.31. The summed E-state index contributed by atoms with van der Waals surface area (Å²) in [5.41, 5.74) is 4.76. The van der Waals surface area contributed by atoms with E-state index < -0.39 is 0 Å². The minimum absolute atomic E-state index is 0.0988. The molecule has 0 N–H and O–H groups in total. The van der Waals surface area contributed by atoms with Crippen LogP contribution in [0, 0.1) is 13.8 Å². The Morgan fingerprint density at radius 3 is 2.54 bits per heavy atom. The molecule has 0 bridgehead atoms. The smallest absolute Gasteiger partial charge is 0.257 e. The van der Waals surface area contributed by atoms with Crippen molar-refractivity contribution in [3.8, 4) is 0 Å². The van der Waals surface area contributed by atoms with Gasteiger partial charge in [0.2, 0.25) is 0 Å². The van der Waals surface area contributed by atoms with Crippen LogP contribution in [-0.2, 0) is 7.05 Å². The maximum atomic E-state index is 12.9. The molecule has 134 valence electrons. The molecule has 5 rings (SSSR count). The number of benzene rings is 1. The van der Waals surface area contributed by atoms with Gasteiger partial charge in [-0.05, 0) is 38.8 Å². The lowest BCUT2D eigenvalue weighted by Gasteiger charge is -2.41. The molecule has 6 nitrogen and oxygen atoms in total. The van der Waals surface area contributed by atoms with Crippen molar-refractivity contribution >= 4 is 16.9 Å². The van der Waals surface area contributed by atoms with Crippen molar-refractivity contribution in [2.75, 3.05) is 13.1 Å². The third-order valence-electron chi connectivity index (χ3n) is 5.80. The highest BCUT2D eigenvalue weighted by molar-refractivity contribution is 5.97. The Labute approximate surface area is 152 Å². The number of aryl methyl sites for hydroxylation is 2. The highest BCUT2D eigenvalue weighted by Crippen LogP contribution is 2.43. The lowest BCUT2D eigenvalue weighted by Crippen LogP contribution is -2.51. The van der Waals surface area contributed by atoms with Gasteiger partial charge in [-0.2, -0.15) is 5.10 Å². The molecule has 2 aromatic heterocycles. The molecule has 1 saturated heterocycles. The van der Waals surface area contributed by atoms with Crippen molar-refractivity contribution in [1.29, 1.82) is 0 Å². The van der Waals surface area contributed by atoms with Crippen LogP contribution >= 0.6 is 0 Å². The number of carbonyl (C=O) groups is 1. The summed E-state index contributed by atoms with van der Waals surface area (Å²) in [7, 11) is 1.89. The van der Waals surface area contributed by atoms with Crippen LogP contribution < -0.4 is 0 Å². The Kier molecular flexibility index (Phi) is 3.26. The van der Waals surface area contributed by atoms with Gasteiger partial charge in [-0.15, -0.1) is 0 Å². The number of amides is 1. The number of nitrogens with zero attached hydrogens (tertiary/aromatic N) is 5. The van der Waals surface area contributed by atoms with Crippen molar-refractivity contribution in [1.82, 2.24) is 24.2 Å². The Balaban J connectivity index is 1.43. The van der Waals surface area contributed by atoms with Crippen LogP contribution in [0.1, 0.15) is 52.4 Å². The number of fused-ring (bicyclic) bond motifs is 1. The highest BCUT2D eigenvalue weighted by Gasteiger charge is 2.39. The lowest BCUT2D eigenvalue weighted by molar-refractivity contribution is 0.0520. The number of para-hydroxylation sites is 2. The molecule has 1 amide bonds. The second-order valence-corrected chi connectivity index (χ2v) is 7.64. The van der Waals surface area contributed by atoms with Gasteiger partial charge in [-0.1, -0.05) is 12.1 Å². The molecule has 0 radical (unpaired) electrons. The van der Waals surface area contributed by atoms with E-state index in [9.17, 15) is 4.79 Å². The third-order valence-corrected chi connectivity index (χ3v) is 5.80. The van der Waals surface area contributed by atoms with Crippen LogP contribution in [0.25, 0.3) is 11.0 Å². The number of hydrogen-bond acceptors (Lipinski definition) is 3. The lowest BCUT2D eigenvalue weighted by atomic mass is 10.0. The topological polar surface area (TPSA) is 56.0 Å². The molecule has 0 unspecified atom stereocenters. The van der Waals surface area contributed by atoms with E-state index in [4.69, 9.17) is 4.98 Å². The normalized spacial score (nSPS) is 17.7. The van der Waals surface area contributed by atoms with E-state index in [1.165, 1.54) is 24.2 Å². The average Bonchev–Trinajstić information content (AvgIpc) is 3.30. The monoisotopic (exact) mass is 349 g/mol. The molecule has 2 aliphatic rings. The SMILES string of the molecule is Cc1nn(C)c(C)c1C(=O)N1CC(n2c(C3CC3)nc3ccccc32)C1. The second-order valence-electron chi connectivity index (χ2n) is 7.64. The van der Waals surface area contributed by atoms with E-state index in [-0.39, 0.29) is 5.91 Å². The van der Waals surface area contributed by atoms with Gasteiger partial charge in [0.25, 0.3) is 5.91 Å². The number of imidazole rings is 1. The summed E-state index contributed by atoms with van der Waals surface area (Å²) in [6.45, 7) is 5.35. The van der Waals surface area contributed by atoms with Crippen LogP contribution in [-0.4, -0.2) is 43.2 Å². The maximum Gasteiger partial charge on any atom is 0.257 e. The summed E-state index contributed by atoms with van der Waals surface area (Å²) in [6.07, 6.45) is 2.46. The molecule has 26 heavy (non-hydrogen) atoms. The minimum Gasteiger partial charge on any atom is -0.334 e. The fourth-order valence-corrected chi connectivity index (χ4v) is 4.10. The van der Waals surface area contributed by atoms with Gasteiger partial charge in [0.05, 0.1) is 28.3 Å². The molecular weight excluding hydrogens is 326 g/mol. The molecule has 1 aromatic carbocycles. The number of likely N-dealkylation sites (tertiary alicyclic amines) is 1. The predicted octanol–water partition coefficient (Wildman–Crippen LogP) is 2.96. The van der Waals surface area contributed by atoms with Crippen LogP contribution in [0.5, 0.6) is 0 Å². The Morgan fingerprint density at radius 2 is 1.88 bits per heavy atom. The summed E-state index contributed by atoms with van der Waals surface area (Å²) < 4.78 is 4.17. The van der Waals surface area contributed by atoms with Gasteiger partial charge in [-0.25, -0.2) is 4.98 Å². The predicted molar refractivity (Wildman–Crippen MR) is 99.3 cm³/mol. The molecule has 1 aliphatic heterocycles. The van der Waals surface area contributed by atoms with Crippen molar-refractivity contribution in [3.05, 3.63) is 47.0 Å². The summed E-state index contributed by atoms with van der Waals surface area (Å²) in [4.78, 5) is 19.8. The highest BCUT2D eigenvalue weighted by atomic mass is 16.2. The van der Waals surface area contributed by atoms with Gasteiger partial charge in [0.15, 0.2) is 0 Å². The molecule has 6 heteroatoms. The fraction of sp³-hybridized carbons (Fsp3) is 0.450. The molecule has 0 atom stereocenters. The zero-order chi connectivity index (χ0) is 18.0. The second kappa shape index (κ2) is 5.43. The van der Waals surface area contributed by atoms with E-state index in [0.29, 0.717) is 12.0 Å². The zero-order valence-electron chi connectivity index (χ0n) is 15.4. The van der Waals surface area contributed by atoms with Crippen molar-refractivity contribution < 1.29 is 4.79 Å². The van der Waals surface area contributed by atoms with E-state index in [1.807, 2.05) is 31.9 Å². The first-order chi connectivity index (χ1) is 12.5. The van der Waals surface area contributed by atoms with E-state index >= 15 is 0 Å². The van der Waals surface area contributed by atoms with Crippen LogP contribution in [0.3, 0.4) is 0 Å².